The SMILES string of the molecule is C=Nc1cc(C(=O)OC)c(OCc2ccccc2)cc1C(=C)O. The first-order chi connectivity index (χ1) is 11.1. The maximum atomic E-state index is 11.9. The van der Waals surface area contributed by atoms with Gasteiger partial charge in [-0.3, -0.25) is 4.99 Å². The zero-order valence-corrected chi connectivity index (χ0v) is 12.8. The molecular weight excluding hydrogens is 294 g/mol. The molecule has 0 aromatic heterocycles. The van der Waals surface area contributed by atoms with Crippen molar-refractivity contribution in [3.8, 4) is 5.75 Å². The molecule has 0 fully saturated rings. The Morgan fingerprint density at radius 3 is 2.48 bits per heavy atom. The summed E-state index contributed by atoms with van der Waals surface area (Å²) in [5.74, 6) is -0.472. The average molecular weight is 311 g/mol. The van der Waals surface area contributed by atoms with Crippen molar-refractivity contribution in [2.45, 2.75) is 6.61 Å². The molecule has 0 amide bonds. The van der Waals surface area contributed by atoms with Crippen LogP contribution in [0.15, 0.2) is 54.0 Å². The molecule has 0 bridgehead atoms. The Morgan fingerprint density at radius 1 is 1.22 bits per heavy atom. The molecule has 0 saturated carbocycles. The van der Waals surface area contributed by atoms with Crippen LogP contribution in [0.4, 0.5) is 5.69 Å². The molecule has 0 spiro atoms. The van der Waals surface area contributed by atoms with Gasteiger partial charge in [-0.25, -0.2) is 4.79 Å². The van der Waals surface area contributed by atoms with Gasteiger partial charge in [-0.05, 0) is 24.4 Å². The molecule has 2 aromatic rings. The number of nitrogens with zero attached hydrogens (tertiary/aromatic N) is 1. The van der Waals surface area contributed by atoms with Gasteiger partial charge in [0.2, 0.25) is 0 Å². The van der Waals surface area contributed by atoms with Crippen molar-refractivity contribution in [2.75, 3.05) is 7.11 Å². The van der Waals surface area contributed by atoms with Crippen LogP contribution in [0.2, 0.25) is 0 Å². The highest BCUT2D eigenvalue weighted by Gasteiger charge is 2.18. The van der Waals surface area contributed by atoms with E-state index >= 15 is 0 Å². The molecule has 5 nitrogen and oxygen atoms in total. The van der Waals surface area contributed by atoms with Crippen molar-refractivity contribution in [1.29, 1.82) is 0 Å². The molecule has 2 rings (SSSR count). The number of hydrogen-bond donors (Lipinski definition) is 1. The molecule has 0 aliphatic heterocycles. The number of hydrogen-bond acceptors (Lipinski definition) is 5. The van der Waals surface area contributed by atoms with Gasteiger partial charge >= 0.3 is 5.97 Å². The third kappa shape index (κ3) is 3.77. The van der Waals surface area contributed by atoms with Gasteiger partial charge in [0.25, 0.3) is 0 Å². The van der Waals surface area contributed by atoms with Crippen molar-refractivity contribution in [2.24, 2.45) is 4.99 Å². The van der Waals surface area contributed by atoms with Crippen molar-refractivity contribution >= 4 is 24.1 Å². The minimum atomic E-state index is -0.562. The van der Waals surface area contributed by atoms with Crippen LogP contribution in [-0.2, 0) is 11.3 Å². The molecule has 23 heavy (non-hydrogen) atoms. The summed E-state index contributed by atoms with van der Waals surface area (Å²) in [4.78, 5) is 15.7. The number of carbonyl (C=O) groups excluding carboxylic acids is 1. The largest absolute Gasteiger partial charge is 0.508 e. The second-order valence-electron chi connectivity index (χ2n) is 4.74. The first-order valence-electron chi connectivity index (χ1n) is 6.85. The summed E-state index contributed by atoms with van der Waals surface area (Å²) in [5, 5.41) is 9.68. The lowest BCUT2D eigenvalue weighted by molar-refractivity contribution is 0.0595. The van der Waals surface area contributed by atoms with Gasteiger partial charge in [0.1, 0.15) is 23.7 Å². The van der Waals surface area contributed by atoms with Crippen LogP contribution in [0, 0.1) is 0 Å². The number of aliphatic hydroxyl groups is 1. The Balaban J connectivity index is 2.42. The van der Waals surface area contributed by atoms with Crippen molar-refractivity contribution < 1.29 is 19.4 Å². The molecule has 2 aromatic carbocycles. The Morgan fingerprint density at radius 2 is 1.91 bits per heavy atom. The standard InChI is InChI=1S/C18H17NO4/c1-12(20)14-10-17(23-11-13-7-5-4-6-8-13)15(18(21)22-3)9-16(14)19-2/h4-10,20H,1-2,11H2,3H3. The number of rotatable bonds is 6. The van der Waals surface area contributed by atoms with Crippen LogP contribution in [0.5, 0.6) is 5.75 Å². The first kappa shape index (κ1) is 16.3. The van der Waals surface area contributed by atoms with Crippen LogP contribution in [-0.4, -0.2) is 24.9 Å². The monoisotopic (exact) mass is 311 g/mol. The molecule has 0 saturated heterocycles. The fraction of sp³-hybridized carbons (Fsp3) is 0.111. The Hall–Kier alpha value is -3.08. The Bertz CT molecular complexity index is 738. The van der Waals surface area contributed by atoms with Gasteiger partial charge in [0, 0.05) is 5.56 Å². The van der Waals surface area contributed by atoms with Gasteiger partial charge < -0.3 is 14.6 Å². The second-order valence-corrected chi connectivity index (χ2v) is 4.74. The maximum absolute atomic E-state index is 11.9. The van der Waals surface area contributed by atoms with Gasteiger partial charge in [-0.2, -0.15) is 0 Å². The van der Waals surface area contributed by atoms with E-state index in [1.54, 1.807) is 0 Å². The van der Waals surface area contributed by atoms with Crippen LogP contribution >= 0.6 is 0 Å². The summed E-state index contributed by atoms with van der Waals surface area (Å²) >= 11 is 0. The van der Waals surface area contributed by atoms with Gasteiger partial charge in [-0.15, -0.1) is 0 Å². The number of aliphatic hydroxyl groups excluding tert-OH is 1. The molecule has 0 radical (unpaired) electrons. The van der Waals surface area contributed by atoms with E-state index in [9.17, 15) is 9.90 Å². The van der Waals surface area contributed by atoms with Crippen LogP contribution in [0.1, 0.15) is 21.5 Å². The fourth-order valence-corrected chi connectivity index (χ4v) is 2.05. The Kier molecular flexibility index (Phi) is 5.15. The highest BCUT2D eigenvalue weighted by atomic mass is 16.5. The van der Waals surface area contributed by atoms with Gasteiger partial charge in [-0.1, -0.05) is 36.9 Å². The second kappa shape index (κ2) is 7.26. The highest BCUT2D eigenvalue weighted by molar-refractivity contribution is 5.95. The number of methoxy groups -OCH3 is 1. The third-order valence-electron chi connectivity index (χ3n) is 3.22. The smallest absolute Gasteiger partial charge is 0.341 e. The van der Waals surface area contributed by atoms with E-state index in [0.717, 1.165) is 5.56 Å². The van der Waals surface area contributed by atoms with Gasteiger partial charge in [0.05, 0.1) is 12.8 Å². The molecule has 5 heteroatoms. The van der Waals surface area contributed by atoms with Crippen molar-refractivity contribution in [1.82, 2.24) is 0 Å². The zero-order chi connectivity index (χ0) is 16.8. The topological polar surface area (TPSA) is 68.1 Å². The third-order valence-corrected chi connectivity index (χ3v) is 3.22. The number of carbonyl (C=O) groups is 1. The summed E-state index contributed by atoms with van der Waals surface area (Å²) in [6.45, 7) is 7.18. The van der Waals surface area contributed by atoms with E-state index in [1.807, 2.05) is 30.3 Å². The summed E-state index contributed by atoms with van der Waals surface area (Å²) < 4.78 is 10.5. The van der Waals surface area contributed by atoms with Crippen molar-refractivity contribution in [3.63, 3.8) is 0 Å². The average Bonchev–Trinajstić information content (AvgIpc) is 2.59. The number of aliphatic imine (C=N–C) groups is 1. The molecule has 0 heterocycles. The lowest BCUT2D eigenvalue weighted by Gasteiger charge is -2.14. The molecule has 0 aliphatic rings. The molecule has 0 aliphatic carbocycles. The number of ether oxygens (including phenoxy) is 2. The molecule has 0 atom stereocenters. The van der Waals surface area contributed by atoms with Crippen LogP contribution in [0.25, 0.3) is 5.76 Å². The quantitative estimate of drug-likeness (QED) is 0.499. The molecule has 1 N–H and O–H groups in total. The van der Waals surface area contributed by atoms with Crippen molar-refractivity contribution in [3.05, 3.63) is 65.7 Å². The lowest BCUT2D eigenvalue weighted by Crippen LogP contribution is -2.07. The number of esters is 1. The zero-order valence-electron chi connectivity index (χ0n) is 12.8. The normalized spacial score (nSPS) is 9.96. The minimum Gasteiger partial charge on any atom is -0.508 e. The summed E-state index contributed by atoms with van der Waals surface area (Å²) in [5.41, 5.74) is 1.81. The predicted octanol–water partition coefficient (Wildman–Crippen LogP) is 3.91. The van der Waals surface area contributed by atoms with Crippen LogP contribution < -0.4 is 4.74 Å². The minimum absolute atomic E-state index is 0.187. The fourth-order valence-electron chi connectivity index (χ4n) is 2.05. The van der Waals surface area contributed by atoms with Gasteiger partial charge in [0.15, 0.2) is 0 Å². The lowest BCUT2D eigenvalue weighted by atomic mass is 10.1. The van der Waals surface area contributed by atoms with E-state index in [1.165, 1.54) is 19.2 Å². The highest BCUT2D eigenvalue weighted by Crippen LogP contribution is 2.33. The summed E-state index contributed by atoms with van der Waals surface area (Å²) in [6.07, 6.45) is 0. The Labute approximate surface area is 134 Å². The van der Waals surface area contributed by atoms with E-state index in [0.29, 0.717) is 11.3 Å². The molecule has 118 valence electrons. The van der Waals surface area contributed by atoms with E-state index in [2.05, 4.69) is 18.3 Å². The maximum Gasteiger partial charge on any atom is 0.341 e. The van der Waals surface area contributed by atoms with E-state index in [-0.39, 0.29) is 23.7 Å². The predicted molar refractivity (Wildman–Crippen MR) is 89.4 cm³/mol. The van der Waals surface area contributed by atoms with E-state index < -0.39 is 5.97 Å². The summed E-state index contributed by atoms with van der Waals surface area (Å²) in [7, 11) is 1.28. The molecule has 0 unspecified atom stereocenters. The summed E-state index contributed by atoms with van der Waals surface area (Å²) in [6, 6.07) is 12.5. The molecular formula is C18H17NO4. The first-order valence-corrected chi connectivity index (χ1v) is 6.85. The van der Waals surface area contributed by atoms with Crippen LogP contribution in [0.3, 0.4) is 0 Å². The van der Waals surface area contributed by atoms with E-state index in [4.69, 9.17) is 9.47 Å². The number of benzene rings is 2.